The van der Waals surface area contributed by atoms with Crippen molar-refractivity contribution in [3.8, 4) is 11.8 Å². The van der Waals surface area contributed by atoms with E-state index in [4.69, 9.17) is 7.85 Å². The molecular weight excluding hydrogens is 181 g/mol. The van der Waals surface area contributed by atoms with Crippen LogP contribution in [0.1, 0.15) is 11.1 Å². The minimum atomic E-state index is 0.707. The second kappa shape index (κ2) is 4.48. The van der Waals surface area contributed by atoms with Gasteiger partial charge in [0.15, 0.2) is 0 Å². The van der Waals surface area contributed by atoms with Gasteiger partial charge in [-0.25, -0.2) is 0 Å². The Morgan fingerprint density at radius 1 is 0.933 bits per heavy atom. The first-order valence-electron chi connectivity index (χ1n) is 4.63. The van der Waals surface area contributed by atoms with E-state index in [0.717, 1.165) is 11.1 Å². The third-order valence-electron chi connectivity index (χ3n) is 1.98. The van der Waals surface area contributed by atoms with E-state index in [1.807, 2.05) is 36.4 Å². The predicted octanol–water partition coefficient (Wildman–Crippen LogP) is 1.28. The van der Waals surface area contributed by atoms with Crippen LogP contribution < -0.4 is 5.46 Å². The molecule has 0 unspecified atom stereocenters. The SMILES string of the molecule is [B]c1ccccc1C#Cc1ccncc1. The lowest BCUT2D eigenvalue weighted by Gasteiger charge is -1.95. The molecule has 15 heavy (non-hydrogen) atoms. The van der Waals surface area contributed by atoms with Gasteiger partial charge in [-0.15, -0.1) is 0 Å². The molecule has 0 aliphatic carbocycles. The highest BCUT2D eigenvalue weighted by molar-refractivity contribution is 6.33. The zero-order valence-corrected chi connectivity index (χ0v) is 8.14. The van der Waals surface area contributed by atoms with Crippen LogP contribution in [-0.4, -0.2) is 12.8 Å². The highest BCUT2D eigenvalue weighted by Crippen LogP contribution is 1.95. The number of benzene rings is 1. The third-order valence-corrected chi connectivity index (χ3v) is 1.98. The average molecular weight is 189 g/mol. The van der Waals surface area contributed by atoms with E-state index < -0.39 is 0 Å². The van der Waals surface area contributed by atoms with Gasteiger partial charge in [0.05, 0.1) is 0 Å². The molecule has 0 N–H and O–H groups in total. The highest BCUT2D eigenvalue weighted by Gasteiger charge is 1.90. The maximum Gasteiger partial charge on any atom is 0.115 e. The van der Waals surface area contributed by atoms with Crippen LogP contribution in [-0.2, 0) is 0 Å². The summed E-state index contributed by atoms with van der Waals surface area (Å²) in [5, 5.41) is 0. The fourth-order valence-electron chi connectivity index (χ4n) is 1.19. The first kappa shape index (κ1) is 9.55. The molecule has 0 fully saturated rings. The molecule has 0 aliphatic rings. The second-order valence-corrected chi connectivity index (χ2v) is 3.07. The first-order valence-corrected chi connectivity index (χ1v) is 4.63. The zero-order chi connectivity index (χ0) is 10.5. The summed E-state index contributed by atoms with van der Waals surface area (Å²) in [5.74, 6) is 6.06. The Bertz CT molecular complexity index is 509. The Kier molecular flexibility index (Phi) is 2.85. The van der Waals surface area contributed by atoms with Crippen molar-refractivity contribution in [2.45, 2.75) is 0 Å². The number of nitrogens with zero attached hydrogens (tertiary/aromatic N) is 1. The Morgan fingerprint density at radius 3 is 2.40 bits per heavy atom. The molecule has 1 nitrogen and oxygen atoms in total. The molecule has 2 rings (SSSR count). The highest BCUT2D eigenvalue weighted by atomic mass is 14.6. The van der Waals surface area contributed by atoms with Crippen LogP contribution in [0.3, 0.4) is 0 Å². The molecule has 68 valence electrons. The van der Waals surface area contributed by atoms with Crippen molar-refractivity contribution >= 4 is 13.3 Å². The Balaban J connectivity index is 2.31. The van der Waals surface area contributed by atoms with E-state index in [9.17, 15) is 0 Å². The monoisotopic (exact) mass is 189 g/mol. The van der Waals surface area contributed by atoms with Crippen molar-refractivity contribution in [2.24, 2.45) is 0 Å². The van der Waals surface area contributed by atoms with Gasteiger partial charge in [0.2, 0.25) is 0 Å². The molecule has 2 aromatic rings. The van der Waals surface area contributed by atoms with Crippen molar-refractivity contribution in [1.29, 1.82) is 0 Å². The lowest BCUT2D eigenvalue weighted by Crippen LogP contribution is -2.05. The molecule has 1 heterocycles. The van der Waals surface area contributed by atoms with E-state index in [1.54, 1.807) is 12.4 Å². The molecule has 2 heteroatoms. The van der Waals surface area contributed by atoms with Gasteiger partial charge in [0.1, 0.15) is 7.85 Å². The maximum atomic E-state index is 5.77. The van der Waals surface area contributed by atoms with E-state index in [2.05, 4.69) is 16.8 Å². The molecule has 0 bridgehead atoms. The molecule has 1 aromatic carbocycles. The number of rotatable bonds is 0. The van der Waals surface area contributed by atoms with Crippen molar-refractivity contribution in [1.82, 2.24) is 4.98 Å². The molecule has 0 saturated carbocycles. The van der Waals surface area contributed by atoms with Crippen molar-refractivity contribution in [2.75, 3.05) is 0 Å². The quantitative estimate of drug-likeness (QED) is 0.449. The number of hydrogen-bond acceptors (Lipinski definition) is 1. The minimum Gasteiger partial charge on any atom is -0.265 e. The number of hydrogen-bond donors (Lipinski definition) is 0. The summed E-state index contributed by atoms with van der Waals surface area (Å²) in [6, 6.07) is 11.3. The van der Waals surface area contributed by atoms with E-state index >= 15 is 0 Å². The van der Waals surface area contributed by atoms with E-state index in [1.165, 1.54) is 0 Å². The second-order valence-electron chi connectivity index (χ2n) is 3.07. The largest absolute Gasteiger partial charge is 0.265 e. The Labute approximate surface area is 90.6 Å². The van der Waals surface area contributed by atoms with Crippen LogP contribution in [0.25, 0.3) is 0 Å². The summed E-state index contributed by atoms with van der Waals surface area (Å²) in [4.78, 5) is 3.93. The summed E-state index contributed by atoms with van der Waals surface area (Å²) in [5.41, 5.74) is 2.50. The van der Waals surface area contributed by atoms with Crippen LogP contribution >= 0.6 is 0 Å². The lowest BCUT2D eigenvalue weighted by molar-refractivity contribution is 1.32. The van der Waals surface area contributed by atoms with Gasteiger partial charge >= 0.3 is 0 Å². The summed E-state index contributed by atoms with van der Waals surface area (Å²) < 4.78 is 0. The van der Waals surface area contributed by atoms with Gasteiger partial charge in [-0.05, 0) is 18.2 Å². The van der Waals surface area contributed by atoms with Crippen LogP contribution in [0.15, 0.2) is 48.8 Å². The fraction of sp³-hybridized carbons (Fsp3) is 0. The normalized spacial score (nSPS) is 9.07. The first-order chi connectivity index (χ1) is 7.36. The molecule has 0 saturated heterocycles. The van der Waals surface area contributed by atoms with Crippen LogP contribution in [0.2, 0.25) is 0 Å². The fourth-order valence-corrected chi connectivity index (χ4v) is 1.19. The van der Waals surface area contributed by atoms with E-state index in [-0.39, 0.29) is 0 Å². The van der Waals surface area contributed by atoms with Crippen molar-refractivity contribution in [3.05, 3.63) is 59.9 Å². The van der Waals surface area contributed by atoms with Crippen LogP contribution in [0.5, 0.6) is 0 Å². The zero-order valence-electron chi connectivity index (χ0n) is 8.14. The molecule has 2 radical (unpaired) electrons. The molecule has 0 amide bonds. The third kappa shape index (κ3) is 2.48. The minimum absolute atomic E-state index is 0.707. The molecular formula is C13H8BN. The Hall–Kier alpha value is -2.01. The van der Waals surface area contributed by atoms with Gasteiger partial charge < -0.3 is 0 Å². The summed E-state index contributed by atoms with van der Waals surface area (Å²) in [6.45, 7) is 0. The van der Waals surface area contributed by atoms with Crippen LogP contribution in [0.4, 0.5) is 0 Å². The standard InChI is InChI=1S/C13H8BN/c14-13-4-2-1-3-12(13)6-5-11-7-9-15-10-8-11/h1-4,7-10H. The predicted molar refractivity (Wildman–Crippen MR) is 62.0 cm³/mol. The summed E-state index contributed by atoms with van der Waals surface area (Å²) in [6.07, 6.45) is 3.44. The maximum absolute atomic E-state index is 5.77. The smallest absolute Gasteiger partial charge is 0.115 e. The molecule has 0 atom stereocenters. The molecule has 0 aliphatic heterocycles. The van der Waals surface area contributed by atoms with Crippen LogP contribution in [0, 0.1) is 11.8 Å². The number of pyridine rings is 1. The molecule has 0 spiro atoms. The Morgan fingerprint density at radius 2 is 1.67 bits per heavy atom. The average Bonchev–Trinajstić information content (AvgIpc) is 2.29. The van der Waals surface area contributed by atoms with Gasteiger partial charge in [-0.1, -0.05) is 35.5 Å². The van der Waals surface area contributed by atoms with Crippen molar-refractivity contribution in [3.63, 3.8) is 0 Å². The summed E-state index contributed by atoms with van der Waals surface area (Å²) in [7, 11) is 5.77. The van der Waals surface area contributed by atoms with Gasteiger partial charge in [0, 0.05) is 23.5 Å². The topological polar surface area (TPSA) is 12.9 Å². The lowest BCUT2D eigenvalue weighted by atomic mass is 9.91. The van der Waals surface area contributed by atoms with Crippen molar-refractivity contribution < 1.29 is 0 Å². The van der Waals surface area contributed by atoms with Gasteiger partial charge in [-0.2, -0.15) is 0 Å². The van der Waals surface area contributed by atoms with Gasteiger partial charge in [0.25, 0.3) is 0 Å². The number of aromatic nitrogens is 1. The van der Waals surface area contributed by atoms with Gasteiger partial charge in [-0.3, -0.25) is 4.98 Å². The summed E-state index contributed by atoms with van der Waals surface area (Å²) >= 11 is 0. The molecule has 1 aromatic heterocycles. The van der Waals surface area contributed by atoms with E-state index in [0.29, 0.717) is 5.46 Å².